The number of ether oxygens (including phenoxy) is 2. The standard InChI is InChI=1S/C22H19F2N5O4S/c23-17-3-1-7-26-21(17)32-16-5-4-14-12-28(22(30)33-18(14)11-16)13-15-6-8-25-20(19(15)24)27-34(31)29-9-2-10-29/h1,3-8,11H,2,9-10,12-13H2,(H,25,27). The molecule has 0 spiro atoms. The van der Waals surface area contributed by atoms with E-state index >= 15 is 0 Å². The molecule has 2 aliphatic rings. The molecule has 1 saturated heterocycles. The number of aromatic nitrogens is 2. The molecule has 0 radical (unpaired) electrons. The van der Waals surface area contributed by atoms with Crippen LogP contribution in [-0.4, -0.2) is 42.6 Å². The molecule has 1 N–H and O–H groups in total. The van der Waals surface area contributed by atoms with Crippen molar-refractivity contribution in [3.8, 4) is 17.4 Å². The fourth-order valence-electron chi connectivity index (χ4n) is 3.41. The molecule has 34 heavy (non-hydrogen) atoms. The average molecular weight is 487 g/mol. The molecular formula is C22H19F2N5O4S. The van der Waals surface area contributed by atoms with Crippen molar-refractivity contribution in [2.75, 3.05) is 17.8 Å². The number of nitrogens with zero attached hydrogens (tertiary/aromatic N) is 4. The summed E-state index contributed by atoms with van der Waals surface area (Å²) in [7, 11) is 0. The first-order valence-corrected chi connectivity index (χ1v) is 11.5. The van der Waals surface area contributed by atoms with Crippen LogP contribution in [0.25, 0.3) is 0 Å². The Morgan fingerprint density at radius 2 is 2.00 bits per heavy atom. The van der Waals surface area contributed by atoms with E-state index < -0.39 is 28.9 Å². The van der Waals surface area contributed by atoms with Gasteiger partial charge in [-0.25, -0.2) is 32.1 Å². The van der Waals surface area contributed by atoms with Gasteiger partial charge in [0.25, 0.3) is 5.88 Å². The van der Waals surface area contributed by atoms with E-state index in [1.807, 2.05) is 0 Å². The maximum absolute atomic E-state index is 15.0. The topological polar surface area (TPSA) is 96.9 Å². The van der Waals surface area contributed by atoms with E-state index in [0.717, 1.165) is 6.42 Å². The van der Waals surface area contributed by atoms with Crippen molar-refractivity contribution in [2.45, 2.75) is 19.5 Å². The third-order valence-corrected chi connectivity index (χ3v) is 6.56. The van der Waals surface area contributed by atoms with Crippen molar-refractivity contribution >= 4 is 23.1 Å². The van der Waals surface area contributed by atoms with Crippen molar-refractivity contribution in [1.82, 2.24) is 19.2 Å². The van der Waals surface area contributed by atoms with Gasteiger partial charge in [0.2, 0.25) is 0 Å². The van der Waals surface area contributed by atoms with E-state index in [1.165, 1.54) is 41.6 Å². The Morgan fingerprint density at radius 3 is 2.76 bits per heavy atom. The van der Waals surface area contributed by atoms with Gasteiger partial charge in [-0.3, -0.25) is 9.62 Å². The lowest BCUT2D eigenvalue weighted by atomic mass is 10.1. The lowest BCUT2D eigenvalue weighted by Gasteiger charge is -2.29. The van der Waals surface area contributed by atoms with E-state index in [0.29, 0.717) is 18.7 Å². The maximum Gasteiger partial charge on any atom is 0.415 e. The van der Waals surface area contributed by atoms with Gasteiger partial charge in [-0.1, -0.05) is 0 Å². The van der Waals surface area contributed by atoms with Gasteiger partial charge in [0, 0.05) is 42.7 Å². The van der Waals surface area contributed by atoms with Gasteiger partial charge in [-0.2, -0.15) is 0 Å². The first-order chi connectivity index (χ1) is 16.5. The summed E-state index contributed by atoms with van der Waals surface area (Å²) >= 11 is -1.57. The van der Waals surface area contributed by atoms with Gasteiger partial charge in [0.1, 0.15) is 11.5 Å². The summed E-state index contributed by atoms with van der Waals surface area (Å²) < 4.78 is 56.0. The molecule has 0 bridgehead atoms. The predicted octanol–water partition coefficient (Wildman–Crippen LogP) is 3.76. The number of carbonyl (C=O) groups excluding carboxylic acids is 1. The minimum Gasteiger partial charge on any atom is -0.436 e. The number of halogens is 2. The van der Waals surface area contributed by atoms with E-state index in [2.05, 4.69) is 14.7 Å². The SMILES string of the molecule is O=C1Oc2cc(Oc3ncccc3F)ccc2CN1Cc1ccnc(NS(=O)N2CCC2)c1F. The van der Waals surface area contributed by atoms with Gasteiger partial charge in [-0.15, -0.1) is 0 Å². The molecule has 1 fully saturated rings. The zero-order valence-electron chi connectivity index (χ0n) is 17.7. The fourth-order valence-corrected chi connectivity index (χ4v) is 4.44. The molecule has 3 aromatic rings. The Bertz CT molecular complexity index is 1270. The van der Waals surface area contributed by atoms with Gasteiger partial charge in [0.05, 0.1) is 13.1 Å². The van der Waals surface area contributed by atoms with Crippen LogP contribution in [0.5, 0.6) is 17.4 Å². The van der Waals surface area contributed by atoms with Gasteiger partial charge < -0.3 is 9.47 Å². The summed E-state index contributed by atoms with van der Waals surface area (Å²) in [4.78, 5) is 21.7. The number of fused-ring (bicyclic) bond motifs is 1. The second kappa shape index (κ2) is 9.31. The number of pyridine rings is 2. The Morgan fingerprint density at radius 1 is 1.15 bits per heavy atom. The average Bonchev–Trinajstić information content (AvgIpc) is 2.77. The number of hydrogen-bond donors (Lipinski definition) is 1. The Kier molecular flexibility index (Phi) is 6.07. The summed E-state index contributed by atoms with van der Waals surface area (Å²) in [5.41, 5.74) is 0.865. The van der Waals surface area contributed by atoms with Crippen LogP contribution in [0.15, 0.2) is 48.8 Å². The molecule has 1 aromatic carbocycles. The van der Waals surface area contributed by atoms with Crippen LogP contribution in [0.4, 0.5) is 19.4 Å². The van der Waals surface area contributed by atoms with Crippen molar-refractivity contribution in [3.05, 3.63) is 71.6 Å². The van der Waals surface area contributed by atoms with Crippen LogP contribution in [0.2, 0.25) is 0 Å². The summed E-state index contributed by atoms with van der Waals surface area (Å²) in [5, 5.41) is 0. The molecule has 0 saturated carbocycles. The number of amides is 1. The Hall–Kier alpha value is -3.64. The third-order valence-electron chi connectivity index (χ3n) is 5.36. The highest BCUT2D eigenvalue weighted by Gasteiger charge is 2.28. The number of nitrogens with one attached hydrogen (secondary N) is 1. The highest BCUT2D eigenvalue weighted by Crippen LogP contribution is 2.33. The first-order valence-electron chi connectivity index (χ1n) is 10.4. The zero-order valence-corrected chi connectivity index (χ0v) is 18.6. The van der Waals surface area contributed by atoms with E-state index in [4.69, 9.17) is 9.47 Å². The monoisotopic (exact) mass is 487 g/mol. The minimum absolute atomic E-state index is 0.0744. The molecule has 0 aliphatic carbocycles. The summed E-state index contributed by atoms with van der Waals surface area (Å²) in [6.07, 6.45) is 3.05. The summed E-state index contributed by atoms with van der Waals surface area (Å²) in [6.45, 7) is 1.43. The second-order valence-electron chi connectivity index (χ2n) is 7.65. The highest BCUT2D eigenvalue weighted by molar-refractivity contribution is 7.84. The minimum atomic E-state index is -1.57. The van der Waals surface area contributed by atoms with Crippen molar-refractivity contribution < 1.29 is 27.3 Å². The molecule has 4 heterocycles. The smallest absolute Gasteiger partial charge is 0.415 e. The lowest BCUT2D eigenvalue weighted by Crippen LogP contribution is -2.41. The largest absolute Gasteiger partial charge is 0.436 e. The molecule has 1 amide bonds. The highest BCUT2D eigenvalue weighted by atomic mass is 32.2. The molecule has 9 nitrogen and oxygen atoms in total. The van der Waals surface area contributed by atoms with E-state index in [1.54, 1.807) is 16.4 Å². The molecule has 1 atom stereocenters. The van der Waals surface area contributed by atoms with Crippen LogP contribution in [0.3, 0.4) is 0 Å². The number of rotatable bonds is 7. The van der Waals surface area contributed by atoms with Crippen LogP contribution in [0, 0.1) is 11.6 Å². The molecule has 2 aliphatic heterocycles. The van der Waals surface area contributed by atoms with Crippen molar-refractivity contribution in [3.63, 3.8) is 0 Å². The molecule has 1 unspecified atom stereocenters. The van der Waals surface area contributed by atoms with Crippen LogP contribution < -0.4 is 14.2 Å². The fraction of sp³-hybridized carbons (Fsp3) is 0.227. The number of benzene rings is 1. The van der Waals surface area contributed by atoms with Crippen LogP contribution >= 0.6 is 0 Å². The molecular weight excluding hydrogens is 468 g/mol. The molecule has 2 aromatic heterocycles. The lowest BCUT2D eigenvalue weighted by molar-refractivity contribution is 0.134. The maximum atomic E-state index is 15.0. The van der Waals surface area contributed by atoms with Crippen LogP contribution in [-0.2, 0) is 24.3 Å². The second-order valence-corrected chi connectivity index (χ2v) is 8.87. The van der Waals surface area contributed by atoms with Crippen molar-refractivity contribution in [2.24, 2.45) is 0 Å². The quantitative estimate of drug-likeness (QED) is 0.545. The number of hydrogen-bond acceptors (Lipinski definition) is 6. The zero-order chi connectivity index (χ0) is 23.7. The predicted molar refractivity (Wildman–Crippen MR) is 118 cm³/mol. The van der Waals surface area contributed by atoms with Gasteiger partial charge in [0.15, 0.2) is 28.6 Å². The Balaban J connectivity index is 1.29. The first kappa shape index (κ1) is 22.2. The van der Waals surface area contributed by atoms with E-state index in [9.17, 15) is 17.8 Å². The van der Waals surface area contributed by atoms with E-state index in [-0.39, 0.29) is 41.8 Å². The number of carbonyl (C=O) groups is 1. The summed E-state index contributed by atoms with van der Waals surface area (Å²) in [5.74, 6) is -1.13. The summed E-state index contributed by atoms with van der Waals surface area (Å²) in [6, 6.07) is 8.87. The number of anilines is 1. The Labute approximate surface area is 196 Å². The molecule has 12 heteroatoms. The van der Waals surface area contributed by atoms with Gasteiger partial charge >= 0.3 is 6.09 Å². The normalized spacial score (nSPS) is 16.3. The molecule has 176 valence electrons. The third kappa shape index (κ3) is 4.54. The van der Waals surface area contributed by atoms with Gasteiger partial charge in [-0.05, 0) is 36.8 Å². The van der Waals surface area contributed by atoms with Crippen molar-refractivity contribution in [1.29, 1.82) is 0 Å². The van der Waals surface area contributed by atoms with Crippen LogP contribution in [0.1, 0.15) is 17.5 Å². The molecule has 5 rings (SSSR count).